The van der Waals surface area contributed by atoms with Crippen molar-refractivity contribution in [1.82, 2.24) is 5.43 Å². The molecule has 156 valence electrons. The summed E-state index contributed by atoms with van der Waals surface area (Å²) in [5.41, 5.74) is 3.00. The largest absolute Gasteiger partial charge is 0.423 e. The Kier molecular flexibility index (Phi) is 6.96. The third kappa shape index (κ3) is 5.88. The number of carbonyl (C=O) groups excluding carboxylic acids is 2. The van der Waals surface area contributed by atoms with Crippen molar-refractivity contribution in [3.05, 3.63) is 104 Å². The van der Waals surface area contributed by atoms with E-state index >= 15 is 0 Å². The van der Waals surface area contributed by atoms with E-state index in [9.17, 15) is 19.7 Å². The number of ether oxygens (including phenoxy) is 1. The summed E-state index contributed by atoms with van der Waals surface area (Å²) in [4.78, 5) is 34.5. The van der Waals surface area contributed by atoms with Gasteiger partial charge in [-0.15, -0.1) is 0 Å². The lowest BCUT2D eigenvalue weighted by Crippen LogP contribution is -2.17. The molecule has 1 amide bonds. The fourth-order valence-corrected chi connectivity index (χ4v) is 2.92. The van der Waals surface area contributed by atoms with Crippen molar-refractivity contribution in [1.29, 1.82) is 0 Å². The lowest BCUT2D eigenvalue weighted by atomic mass is 10.2. The van der Waals surface area contributed by atoms with Gasteiger partial charge in [0.1, 0.15) is 5.75 Å². The number of hydrazone groups is 1. The van der Waals surface area contributed by atoms with Crippen LogP contribution >= 0.6 is 23.2 Å². The van der Waals surface area contributed by atoms with Crippen LogP contribution in [-0.4, -0.2) is 23.0 Å². The summed E-state index contributed by atoms with van der Waals surface area (Å²) in [5.74, 6) is -0.938. The van der Waals surface area contributed by atoms with Crippen LogP contribution in [-0.2, 0) is 0 Å². The number of rotatable bonds is 6. The second-order valence-electron chi connectivity index (χ2n) is 6.09. The zero-order chi connectivity index (χ0) is 22.4. The number of nitrogens with one attached hydrogen (secondary N) is 1. The van der Waals surface area contributed by atoms with Gasteiger partial charge in [-0.1, -0.05) is 29.3 Å². The van der Waals surface area contributed by atoms with Crippen LogP contribution in [0.1, 0.15) is 26.3 Å². The molecule has 0 saturated heterocycles. The molecule has 1 N–H and O–H groups in total. The van der Waals surface area contributed by atoms with Gasteiger partial charge in [-0.25, -0.2) is 10.2 Å². The quantitative estimate of drug-likeness (QED) is 0.186. The van der Waals surface area contributed by atoms with E-state index in [2.05, 4.69) is 10.5 Å². The second kappa shape index (κ2) is 9.84. The molecule has 0 aliphatic carbocycles. The predicted molar refractivity (Wildman–Crippen MR) is 116 cm³/mol. The maximum Gasteiger partial charge on any atom is 0.345 e. The van der Waals surface area contributed by atoms with E-state index < -0.39 is 16.8 Å². The van der Waals surface area contributed by atoms with E-state index in [0.717, 1.165) is 6.07 Å². The summed E-state index contributed by atoms with van der Waals surface area (Å²) in [6, 6.07) is 16.1. The molecule has 0 saturated carbocycles. The van der Waals surface area contributed by atoms with Crippen molar-refractivity contribution in [3.63, 3.8) is 0 Å². The molecule has 0 radical (unpaired) electrons. The van der Waals surface area contributed by atoms with Crippen molar-refractivity contribution in [2.75, 3.05) is 0 Å². The van der Waals surface area contributed by atoms with Crippen LogP contribution < -0.4 is 10.2 Å². The van der Waals surface area contributed by atoms with Crippen molar-refractivity contribution >= 4 is 47.0 Å². The molecule has 0 unspecified atom stereocenters. The number of hydrogen-bond acceptors (Lipinski definition) is 6. The minimum Gasteiger partial charge on any atom is -0.423 e. The Bertz CT molecular complexity index is 1180. The van der Waals surface area contributed by atoms with Gasteiger partial charge in [0, 0.05) is 22.7 Å². The van der Waals surface area contributed by atoms with Crippen LogP contribution in [0.3, 0.4) is 0 Å². The first-order valence-electron chi connectivity index (χ1n) is 8.68. The van der Waals surface area contributed by atoms with Crippen molar-refractivity contribution < 1.29 is 19.2 Å². The van der Waals surface area contributed by atoms with Gasteiger partial charge >= 0.3 is 5.97 Å². The zero-order valence-corrected chi connectivity index (χ0v) is 17.1. The Labute approximate surface area is 186 Å². The summed E-state index contributed by atoms with van der Waals surface area (Å²) in [6.45, 7) is 0. The molecular formula is C21H13Cl2N3O5. The molecule has 10 heteroatoms. The number of carbonyl (C=O) groups is 2. The topological polar surface area (TPSA) is 111 Å². The molecule has 0 aliphatic heterocycles. The molecule has 0 aliphatic rings. The van der Waals surface area contributed by atoms with E-state index in [-0.39, 0.29) is 27.6 Å². The number of halogens is 2. The number of non-ortho nitro benzene ring substituents is 1. The van der Waals surface area contributed by atoms with Crippen LogP contribution in [0.15, 0.2) is 71.8 Å². The summed E-state index contributed by atoms with van der Waals surface area (Å²) < 4.78 is 5.27. The van der Waals surface area contributed by atoms with Gasteiger partial charge in [-0.3, -0.25) is 14.9 Å². The highest BCUT2D eigenvalue weighted by Gasteiger charge is 2.13. The average molecular weight is 458 g/mol. The molecule has 0 fully saturated rings. The minimum atomic E-state index is -0.632. The van der Waals surface area contributed by atoms with E-state index in [1.807, 2.05) is 0 Å². The van der Waals surface area contributed by atoms with E-state index in [1.54, 1.807) is 24.3 Å². The molecular weight excluding hydrogens is 445 g/mol. The van der Waals surface area contributed by atoms with Gasteiger partial charge in [0.05, 0.1) is 21.7 Å². The molecule has 0 atom stereocenters. The maximum absolute atomic E-state index is 12.2. The number of esters is 1. The molecule has 0 spiro atoms. The van der Waals surface area contributed by atoms with Crippen LogP contribution in [0.4, 0.5) is 5.69 Å². The molecule has 3 rings (SSSR count). The first kappa shape index (κ1) is 21.9. The summed E-state index contributed by atoms with van der Waals surface area (Å²) in [7, 11) is 0. The van der Waals surface area contributed by atoms with Crippen molar-refractivity contribution in [3.8, 4) is 5.75 Å². The summed E-state index contributed by atoms with van der Waals surface area (Å²) in [5, 5.41) is 15.2. The van der Waals surface area contributed by atoms with E-state index in [4.69, 9.17) is 27.9 Å². The first-order chi connectivity index (χ1) is 14.8. The molecule has 8 nitrogen and oxygen atoms in total. The van der Waals surface area contributed by atoms with Gasteiger partial charge < -0.3 is 4.74 Å². The number of nitrogens with zero attached hydrogens (tertiary/aromatic N) is 2. The molecule has 0 aromatic heterocycles. The Morgan fingerprint density at radius 3 is 2.45 bits per heavy atom. The van der Waals surface area contributed by atoms with Gasteiger partial charge in [0.15, 0.2) is 0 Å². The van der Waals surface area contributed by atoms with Crippen LogP contribution in [0, 0.1) is 10.1 Å². The molecule has 0 heterocycles. The Morgan fingerprint density at radius 2 is 1.77 bits per heavy atom. The fraction of sp³-hybridized carbons (Fsp3) is 0. The standard InChI is InChI=1S/C21H13Cl2N3O5/c22-15-6-9-18(19(23)11-15)21(28)31-17-7-4-13(5-8-17)12-24-25-20(27)14-2-1-3-16(10-14)26(29)30/h1-12H,(H,25,27). The highest BCUT2D eigenvalue weighted by molar-refractivity contribution is 6.36. The van der Waals surface area contributed by atoms with Crippen LogP contribution in [0.2, 0.25) is 10.0 Å². The number of hydrogen-bond donors (Lipinski definition) is 1. The van der Waals surface area contributed by atoms with Crippen LogP contribution in [0.25, 0.3) is 0 Å². The Balaban J connectivity index is 1.59. The lowest BCUT2D eigenvalue weighted by Gasteiger charge is -2.06. The van der Waals surface area contributed by atoms with E-state index in [1.165, 1.54) is 42.6 Å². The Hall–Kier alpha value is -3.75. The average Bonchev–Trinajstić information content (AvgIpc) is 2.74. The van der Waals surface area contributed by atoms with Crippen LogP contribution in [0.5, 0.6) is 5.75 Å². The van der Waals surface area contributed by atoms with Crippen molar-refractivity contribution in [2.45, 2.75) is 0 Å². The third-order valence-electron chi connectivity index (χ3n) is 3.94. The van der Waals surface area contributed by atoms with Gasteiger partial charge in [0.25, 0.3) is 11.6 Å². The molecule has 3 aromatic rings. The Morgan fingerprint density at radius 1 is 1.03 bits per heavy atom. The minimum absolute atomic E-state index is 0.106. The highest BCUT2D eigenvalue weighted by atomic mass is 35.5. The molecule has 31 heavy (non-hydrogen) atoms. The van der Waals surface area contributed by atoms with Gasteiger partial charge in [0.2, 0.25) is 0 Å². The normalized spacial score (nSPS) is 10.6. The summed E-state index contributed by atoms with van der Waals surface area (Å²) in [6.07, 6.45) is 1.37. The highest BCUT2D eigenvalue weighted by Crippen LogP contribution is 2.23. The predicted octanol–water partition coefficient (Wildman–Crippen LogP) is 4.88. The van der Waals surface area contributed by atoms with Gasteiger partial charge in [-0.05, 0) is 54.1 Å². The second-order valence-corrected chi connectivity index (χ2v) is 6.93. The SMILES string of the molecule is O=C(NN=Cc1ccc(OC(=O)c2ccc(Cl)cc2Cl)cc1)c1cccc([N+](=O)[O-])c1. The lowest BCUT2D eigenvalue weighted by molar-refractivity contribution is -0.384. The number of nitro benzene ring substituents is 1. The van der Waals surface area contributed by atoms with Crippen molar-refractivity contribution in [2.24, 2.45) is 5.10 Å². The third-order valence-corrected chi connectivity index (χ3v) is 4.49. The number of benzene rings is 3. The maximum atomic E-state index is 12.2. The smallest absolute Gasteiger partial charge is 0.345 e. The fourth-order valence-electron chi connectivity index (χ4n) is 2.43. The molecule has 3 aromatic carbocycles. The number of amides is 1. The monoisotopic (exact) mass is 457 g/mol. The first-order valence-corrected chi connectivity index (χ1v) is 9.44. The number of nitro groups is 1. The zero-order valence-electron chi connectivity index (χ0n) is 15.6. The van der Waals surface area contributed by atoms with E-state index in [0.29, 0.717) is 10.6 Å². The van der Waals surface area contributed by atoms with Gasteiger partial charge in [-0.2, -0.15) is 5.10 Å². The molecule has 0 bridgehead atoms. The summed E-state index contributed by atoms with van der Waals surface area (Å²) >= 11 is 11.8.